The van der Waals surface area contributed by atoms with Gasteiger partial charge in [-0.15, -0.1) is 0 Å². The van der Waals surface area contributed by atoms with Gasteiger partial charge in [0.2, 0.25) is 28.8 Å². The fraction of sp³-hybridized carbons (Fsp3) is 0.387. The van der Waals surface area contributed by atoms with Crippen LogP contribution in [-0.4, -0.2) is 85.8 Å². The molecule has 5 rings (SSSR count). The molecule has 0 aromatic carbocycles. The number of pyridine rings is 2. The van der Waals surface area contributed by atoms with Crippen molar-refractivity contribution in [2.24, 2.45) is 0 Å². The number of carbonyl (C=O) groups is 2. The van der Waals surface area contributed by atoms with Crippen molar-refractivity contribution < 1.29 is 37.0 Å². The van der Waals surface area contributed by atoms with Crippen molar-refractivity contribution >= 4 is 28.7 Å². The Hall–Kier alpha value is -5.48. The first-order chi connectivity index (χ1) is 22.8. The molecule has 14 nitrogen and oxygen atoms in total. The predicted molar refractivity (Wildman–Crippen MR) is 167 cm³/mol. The highest BCUT2D eigenvalue weighted by molar-refractivity contribution is 5.95. The van der Waals surface area contributed by atoms with E-state index in [1.54, 1.807) is 30.9 Å². The van der Waals surface area contributed by atoms with Crippen molar-refractivity contribution in [2.45, 2.75) is 45.8 Å². The van der Waals surface area contributed by atoms with Crippen LogP contribution in [0.1, 0.15) is 41.6 Å². The average Bonchev–Trinajstić information content (AvgIpc) is 3.52. The van der Waals surface area contributed by atoms with E-state index in [4.69, 9.17) is 9.15 Å². The number of allylic oxidation sites excluding steroid dienone is 1. The SMILES string of the molecule is C=C(CCC(F)(F)F)NC(=O)Cn1c(CC)c(N2CCN(C(=O)c3ncnc(C)c3O)CC2)c(=O)c2nc(-c3ccnc(OC)c3)oc21. The van der Waals surface area contributed by atoms with E-state index in [-0.39, 0.29) is 84.1 Å². The summed E-state index contributed by atoms with van der Waals surface area (Å²) < 4.78 is 51.0. The molecular weight excluding hydrogens is 637 g/mol. The van der Waals surface area contributed by atoms with Gasteiger partial charge in [-0.3, -0.25) is 14.4 Å². The third-order valence-electron chi connectivity index (χ3n) is 7.83. The van der Waals surface area contributed by atoms with E-state index >= 15 is 0 Å². The minimum absolute atomic E-state index is 0.00847. The summed E-state index contributed by atoms with van der Waals surface area (Å²) in [4.78, 5) is 60.1. The molecule has 48 heavy (non-hydrogen) atoms. The maximum absolute atomic E-state index is 14.1. The Bertz CT molecular complexity index is 1930. The first kappa shape index (κ1) is 33.9. The summed E-state index contributed by atoms with van der Waals surface area (Å²) in [5, 5.41) is 12.7. The first-order valence-electron chi connectivity index (χ1n) is 15.0. The maximum atomic E-state index is 14.1. The van der Waals surface area contributed by atoms with Gasteiger partial charge in [-0.1, -0.05) is 13.5 Å². The van der Waals surface area contributed by atoms with Crippen LogP contribution >= 0.6 is 0 Å². The number of hydrogen-bond donors (Lipinski definition) is 2. The van der Waals surface area contributed by atoms with Gasteiger partial charge in [0.1, 0.15) is 18.6 Å². The molecule has 0 radical (unpaired) electrons. The van der Waals surface area contributed by atoms with Crippen molar-refractivity contribution in [1.82, 2.24) is 34.7 Å². The Morgan fingerprint density at radius 2 is 1.90 bits per heavy atom. The number of rotatable bonds is 10. The number of alkyl halides is 3. The molecule has 1 saturated heterocycles. The summed E-state index contributed by atoms with van der Waals surface area (Å²) in [6.07, 6.45) is -3.13. The molecule has 5 heterocycles. The van der Waals surface area contributed by atoms with Gasteiger partial charge < -0.3 is 33.9 Å². The zero-order chi connectivity index (χ0) is 34.7. The smallest absolute Gasteiger partial charge is 0.389 e. The summed E-state index contributed by atoms with van der Waals surface area (Å²) >= 11 is 0. The topological polar surface area (TPSA) is 169 Å². The zero-order valence-corrected chi connectivity index (χ0v) is 26.4. The number of carbonyl (C=O) groups excluding carboxylic acids is 2. The molecule has 1 fully saturated rings. The second-order valence-electron chi connectivity index (χ2n) is 11.0. The number of aromatic hydroxyl groups is 1. The van der Waals surface area contributed by atoms with Crippen LogP contribution in [0.25, 0.3) is 22.7 Å². The number of aryl methyl sites for hydroxylation is 1. The number of oxazole rings is 1. The third kappa shape index (κ3) is 7.08. The van der Waals surface area contributed by atoms with E-state index in [2.05, 4.69) is 31.8 Å². The van der Waals surface area contributed by atoms with Gasteiger partial charge in [0, 0.05) is 61.8 Å². The van der Waals surface area contributed by atoms with E-state index in [9.17, 15) is 32.7 Å². The van der Waals surface area contributed by atoms with Crippen LogP contribution in [0, 0.1) is 6.92 Å². The number of aromatic nitrogens is 5. The van der Waals surface area contributed by atoms with Gasteiger partial charge >= 0.3 is 6.18 Å². The third-order valence-corrected chi connectivity index (χ3v) is 7.83. The highest BCUT2D eigenvalue weighted by atomic mass is 19.4. The number of nitrogens with zero attached hydrogens (tertiary/aromatic N) is 7. The predicted octanol–water partition coefficient (Wildman–Crippen LogP) is 3.36. The second kappa shape index (κ2) is 13.7. The largest absolute Gasteiger partial charge is 0.504 e. The van der Waals surface area contributed by atoms with Crippen molar-refractivity contribution in [3.05, 3.63) is 64.2 Å². The number of nitrogens with one attached hydrogen (secondary N) is 1. The summed E-state index contributed by atoms with van der Waals surface area (Å²) in [6, 6.07) is 3.17. The molecule has 0 bridgehead atoms. The molecule has 0 aliphatic carbocycles. The molecule has 17 heteroatoms. The Morgan fingerprint density at radius 3 is 2.56 bits per heavy atom. The molecule has 4 aromatic heterocycles. The summed E-state index contributed by atoms with van der Waals surface area (Å²) in [7, 11) is 1.44. The first-order valence-corrected chi connectivity index (χ1v) is 15.0. The number of ether oxygens (including phenoxy) is 1. The lowest BCUT2D eigenvalue weighted by atomic mass is 10.1. The number of amides is 2. The van der Waals surface area contributed by atoms with E-state index in [1.807, 2.05) is 0 Å². The van der Waals surface area contributed by atoms with Crippen LogP contribution in [0.15, 0.2) is 46.1 Å². The van der Waals surface area contributed by atoms with E-state index in [0.29, 0.717) is 11.3 Å². The van der Waals surface area contributed by atoms with E-state index in [1.165, 1.54) is 29.1 Å². The number of methoxy groups -OCH3 is 1. The lowest BCUT2D eigenvalue weighted by Gasteiger charge is -2.36. The van der Waals surface area contributed by atoms with Gasteiger partial charge in [0.05, 0.1) is 12.8 Å². The monoisotopic (exact) mass is 670 g/mol. The maximum Gasteiger partial charge on any atom is 0.389 e. The number of piperazine rings is 1. The second-order valence-corrected chi connectivity index (χ2v) is 11.0. The molecule has 0 spiro atoms. The van der Waals surface area contributed by atoms with E-state index in [0.717, 1.165) is 0 Å². The Labute approximate surface area is 271 Å². The molecule has 0 atom stereocenters. The number of fused-ring (bicyclic) bond motifs is 1. The van der Waals surface area contributed by atoms with E-state index < -0.39 is 42.8 Å². The van der Waals surface area contributed by atoms with Gasteiger partial charge in [-0.2, -0.15) is 13.2 Å². The van der Waals surface area contributed by atoms with Gasteiger partial charge in [-0.05, 0) is 25.8 Å². The van der Waals surface area contributed by atoms with Crippen LogP contribution < -0.4 is 20.4 Å². The minimum atomic E-state index is -4.42. The van der Waals surface area contributed by atoms with Gasteiger partial charge in [0.15, 0.2) is 17.0 Å². The standard InChI is InChI=1S/C31H33F3N8O6/c1-5-20-25(40-10-12-41(13-11-40)29(46)23-26(44)18(3)36-16-37-23)27(45)24-30(48-28(39-24)19-7-9-35-22(14-19)47-4)42(20)15-21(43)38-17(2)6-8-31(32,33)34/h7,9,14,16,44H,2,5-6,8,10-13,15H2,1,3-4H3,(H,38,43). The number of halogens is 3. The van der Waals surface area contributed by atoms with Crippen LogP contribution in [-0.2, 0) is 17.8 Å². The van der Waals surface area contributed by atoms with Crippen LogP contribution in [0.4, 0.5) is 18.9 Å². The highest BCUT2D eigenvalue weighted by Gasteiger charge is 2.31. The number of hydrogen-bond acceptors (Lipinski definition) is 11. The summed E-state index contributed by atoms with van der Waals surface area (Å²) in [5.74, 6) is -1.14. The van der Waals surface area contributed by atoms with Crippen molar-refractivity contribution in [2.75, 3.05) is 38.2 Å². The fourth-order valence-corrected chi connectivity index (χ4v) is 5.41. The minimum Gasteiger partial charge on any atom is -0.504 e. The molecular formula is C31H33F3N8O6. The Balaban J connectivity index is 1.51. The average molecular weight is 671 g/mol. The fourth-order valence-electron chi connectivity index (χ4n) is 5.41. The molecule has 254 valence electrons. The van der Waals surface area contributed by atoms with Crippen molar-refractivity contribution in [3.63, 3.8) is 0 Å². The number of anilines is 1. The summed E-state index contributed by atoms with van der Waals surface area (Å²) in [5.41, 5.74) is 0.592. The van der Waals surface area contributed by atoms with Crippen LogP contribution in [0.3, 0.4) is 0 Å². The lowest BCUT2D eigenvalue weighted by molar-refractivity contribution is -0.134. The molecule has 2 amide bonds. The lowest BCUT2D eigenvalue weighted by Crippen LogP contribution is -2.50. The highest BCUT2D eigenvalue weighted by Crippen LogP contribution is 2.30. The molecule has 1 aliphatic rings. The molecule has 0 saturated carbocycles. The molecule has 2 N–H and O–H groups in total. The Kier molecular flexibility index (Phi) is 9.67. The van der Waals surface area contributed by atoms with Crippen LogP contribution in [0.5, 0.6) is 11.6 Å². The van der Waals surface area contributed by atoms with Gasteiger partial charge in [-0.25, -0.2) is 19.9 Å². The van der Waals surface area contributed by atoms with Crippen molar-refractivity contribution in [1.29, 1.82) is 0 Å². The molecule has 0 unspecified atom stereocenters. The normalized spacial score (nSPS) is 13.5. The quantitative estimate of drug-likeness (QED) is 0.254. The summed E-state index contributed by atoms with van der Waals surface area (Å²) in [6.45, 7) is 7.28. The Morgan fingerprint density at radius 1 is 1.17 bits per heavy atom. The zero-order valence-electron chi connectivity index (χ0n) is 26.4. The van der Waals surface area contributed by atoms with Gasteiger partial charge in [0.25, 0.3) is 5.91 Å². The molecule has 4 aromatic rings. The van der Waals surface area contributed by atoms with Crippen molar-refractivity contribution in [3.8, 4) is 23.1 Å². The van der Waals surface area contributed by atoms with Crippen LogP contribution in [0.2, 0.25) is 0 Å². The molecule has 1 aliphatic heterocycles.